The van der Waals surface area contributed by atoms with Gasteiger partial charge in [-0.2, -0.15) is 0 Å². The van der Waals surface area contributed by atoms with E-state index >= 15 is 0 Å². The molecule has 1 aromatic carbocycles. The Hall–Kier alpha value is -2.88. The van der Waals surface area contributed by atoms with Crippen LogP contribution in [0.4, 0.5) is 17.3 Å². The molecule has 5 rings (SSSR count). The maximum absolute atomic E-state index is 11.3. The van der Waals surface area contributed by atoms with Gasteiger partial charge in [-0.3, -0.25) is 9.69 Å². The Bertz CT molecular complexity index is 1110. The van der Waals surface area contributed by atoms with Gasteiger partial charge in [-0.1, -0.05) is 6.07 Å². The van der Waals surface area contributed by atoms with Crippen molar-refractivity contribution in [1.82, 2.24) is 25.2 Å². The standard InChI is InChI=1S/C22H25N7OS/c1-14(30)25-16-3-2-4-17(11-16)26-22-24-12-15-5-6-18-21(20(15)28-22)31-19(27-18)13-29-9-7-23-8-10-29/h2-4,11-12,23H,5-10,13H2,1H3,(H,25,30)(H,24,26,28). The molecule has 31 heavy (non-hydrogen) atoms. The zero-order valence-corrected chi connectivity index (χ0v) is 18.3. The van der Waals surface area contributed by atoms with Gasteiger partial charge in [-0.25, -0.2) is 15.0 Å². The predicted molar refractivity (Wildman–Crippen MR) is 123 cm³/mol. The Labute approximate surface area is 185 Å². The number of aryl methyl sites for hydroxylation is 2. The van der Waals surface area contributed by atoms with E-state index in [1.807, 2.05) is 30.5 Å². The third-order valence-electron chi connectivity index (χ3n) is 5.46. The molecule has 0 saturated carbocycles. The van der Waals surface area contributed by atoms with E-state index in [9.17, 15) is 4.79 Å². The summed E-state index contributed by atoms with van der Waals surface area (Å²) in [6, 6.07) is 7.53. The number of nitrogens with zero attached hydrogens (tertiary/aromatic N) is 4. The summed E-state index contributed by atoms with van der Waals surface area (Å²) in [6.45, 7) is 6.61. The van der Waals surface area contributed by atoms with Gasteiger partial charge < -0.3 is 16.0 Å². The summed E-state index contributed by atoms with van der Waals surface area (Å²) in [5, 5.41) is 10.6. The van der Waals surface area contributed by atoms with E-state index in [-0.39, 0.29) is 5.91 Å². The quantitative estimate of drug-likeness (QED) is 0.567. The van der Waals surface area contributed by atoms with Crippen LogP contribution in [0.25, 0.3) is 10.6 Å². The highest BCUT2D eigenvalue weighted by atomic mass is 32.1. The van der Waals surface area contributed by atoms with Crippen LogP contribution in [0, 0.1) is 0 Å². The lowest BCUT2D eigenvalue weighted by Gasteiger charge is -2.26. The van der Waals surface area contributed by atoms with Crippen molar-refractivity contribution in [2.24, 2.45) is 0 Å². The third-order valence-corrected chi connectivity index (χ3v) is 6.55. The molecule has 1 aliphatic heterocycles. The molecule has 3 N–H and O–H groups in total. The summed E-state index contributed by atoms with van der Waals surface area (Å²) in [4.78, 5) is 29.2. The Morgan fingerprint density at radius 1 is 1.19 bits per heavy atom. The highest BCUT2D eigenvalue weighted by molar-refractivity contribution is 7.15. The lowest BCUT2D eigenvalue weighted by molar-refractivity contribution is -0.114. The van der Waals surface area contributed by atoms with Gasteiger partial charge in [-0.15, -0.1) is 11.3 Å². The molecule has 0 atom stereocenters. The highest BCUT2D eigenvalue weighted by Gasteiger charge is 2.24. The van der Waals surface area contributed by atoms with E-state index < -0.39 is 0 Å². The molecule has 3 heterocycles. The molecule has 0 bridgehead atoms. The van der Waals surface area contributed by atoms with E-state index in [2.05, 4.69) is 25.8 Å². The summed E-state index contributed by atoms with van der Waals surface area (Å²) in [7, 11) is 0. The van der Waals surface area contributed by atoms with E-state index in [0.717, 1.165) is 73.3 Å². The molecule has 1 fully saturated rings. The third kappa shape index (κ3) is 4.58. The van der Waals surface area contributed by atoms with Crippen LogP contribution in [0.1, 0.15) is 23.2 Å². The molecule has 160 valence electrons. The zero-order valence-electron chi connectivity index (χ0n) is 17.4. The predicted octanol–water partition coefficient (Wildman–Crippen LogP) is 2.81. The first-order chi connectivity index (χ1) is 15.1. The lowest BCUT2D eigenvalue weighted by Crippen LogP contribution is -2.42. The van der Waals surface area contributed by atoms with Gasteiger partial charge in [0.1, 0.15) is 5.01 Å². The zero-order chi connectivity index (χ0) is 21.2. The van der Waals surface area contributed by atoms with E-state index in [1.165, 1.54) is 17.4 Å². The van der Waals surface area contributed by atoms with Crippen molar-refractivity contribution in [3.63, 3.8) is 0 Å². The van der Waals surface area contributed by atoms with Crippen LogP contribution in [0.15, 0.2) is 30.5 Å². The number of thiazole rings is 1. The Balaban J connectivity index is 1.37. The molecule has 0 unspecified atom stereocenters. The van der Waals surface area contributed by atoms with Gasteiger partial charge in [0.15, 0.2) is 0 Å². The molecule has 0 radical (unpaired) electrons. The number of carbonyl (C=O) groups is 1. The fourth-order valence-electron chi connectivity index (χ4n) is 3.99. The minimum atomic E-state index is -0.100. The summed E-state index contributed by atoms with van der Waals surface area (Å²) in [5.74, 6) is 0.445. The van der Waals surface area contributed by atoms with Crippen LogP contribution in [0.2, 0.25) is 0 Å². The molecule has 3 aromatic rings. The number of hydrogen-bond acceptors (Lipinski definition) is 8. The van der Waals surface area contributed by atoms with Crippen molar-refractivity contribution in [2.75, 3.05) is 36.8 Å². The molecular formula is C22H25N7OS. The Morgan fingerprint density at radius 3 is 2.87 bits per heavy atom. The summed E-state index contributed by atoms with van der Waals surface area (Å²) < 4.78 is 0. The van der Waals surface area contributed by atoms with E-state index in [4.69, 9.17) is 9.97 Å². The van der Waals surface area contributed by atoms with Crippen LogP contribution >= 0.6 is 11.3 Å². The number of hydrogen-bond donors (Lipinski definition) is 3. The van der Waals surface area contributed by atoms with Gasteiger partial charge in [0.25, 0.3) is 0 Å². The average molecular weight is 436 g/mol. The van der Waals surface area contributed by atoms with Crippen molar-refractivity contribution in [3.05, 3.63) is 46.7 Å². The van der Waals surface area contributed by atoms with Crippen molar-refractivity contribution in [3.8, 4) is 10.6 Å². The lowest BCUT2D eigenvalue weighted by atomic mass is 10.00. The van der Waals surface area contributed by atoms with Gasteiger partial charge in [0.05, 0.1) is 22.8 Å². The van der Waals surface area contributed by atoms with Crippen LogP contribution < -0.4 is 16.0 Å². The number of piperazine rings is 1. The minimum absolute atomic E-state index is 0.100. The number of benzene rings is 1. The molecule has 1 aliphatic carbocycles. The second-order valence-corrected chi connectivity index (χ2v) is 8.95. The number of nitrogens with one attached hydrogen (secondary N) is 3. The SMILES string of the molecule is CC(=O)Nc1cccc(Nc2ncc3c(n2)-c2sc(CN4CCNCC4)nc2CC3)c1. The molecule has 0 spiro atoms. The van der Waals surface area contributed by atoms with Crippen molar-refractivity contribution in [1.29, 1.82) is 0 Å². The van der Waals surface area contributed by atoms with Crippen molar-refractivity contribution in [2.45, 2.75) is 26.3 Å². The average Bonchev–Trinajstić information content (AvgIpc) is 3.17. The summed E-state index contributed by atoms with van der Waals surface area (Å²) in [6.07, 6.45) is 3.77. The maximum atomic E-state index is 11.3. The van der Waals surface area contributed by atoms with Gasteiger partial charge >= 0.3 is 0 Å². The maximum Gasteiger partial charge on any atom is 0.227 e. The van der Waals surface area contributed by atoms with E-state index in [0.29, 0.717) is 5.95 Å². The fourth-order valence-corrected chi connectivity index (χ4v) is 5.17. The molecule has 1 saturated heterocycles. The second kappa shape index (κ2) is 8.70. The molecule has 9 heteroatoms. The first-order valence-corrected chi connectivity index (χ1v) is 11.4. The molecule has 2 aromatic heterocycles. The van der Waals surface area contributed by atoms with Crippen LogP contribution in [-0.2, 0) is 24.2 Å². The van der Waals surface area contributed by atoms with E-state index in [1.54, 1.807) is 11.3 Å². The fraction of sp³-hybridized carbons (Fsp3) is 0.364. The molecule has 2 aliphatic rings. The Kier molecular flexibility index (Phi) is 5.63. The number of amides is 1. The topological polar surface area (TPSA) is 95.1 Å². The highest BCUT2D eigenvalue weighted by Crippen LogP contribution is 2.37. The van der Waals surface area contributed by atoms with Crippen molar-refractivity contribution >= 4 is 34.6 Å². The summed E-state index contributed by atoms with van der Waals surface area (Å²) >= 11 is 1.76. The van der Waals surface area contributed by atoms with Crippen molar-refractivity contribution < 1.29 is 4.79 Å². The number of carbonyl (C=O) groups excluding carboxylic acids is 1. The molecular weight excluding hydrogens is 410 g/mol. The second-order valence-electron chi connectivity index (χ2n) is 7.86. The van der Waals surface area contributed by atoms with Crippen LogP contribution in [-0.4, -0.2) is 51.9 Å². The Morgan fingerprint density at radius 2 is 2.03 bits per heavy atom. The smallest absolute Gasteiger partial charge is 0.227 e. The van der Waals surface area contributed by atoms with Crippen LogP contribution in [0.5, 0.6) is 0 Å². The van der Waals surface area contributed by atoms with Gasteiger partial charge in [-0.05, 0) is 36.6 Å². The first kappa shape index (κ1) is 20.0. The van der Waals surface area contributed by atoms with Gasteiger partial charge in [0.2, 0.25) is 11.9 Å². The normalized spacial score (nSPS) is 15.8. The minimum Gasteiger partial charge on any atom is -0.326 e. The number of fused-ring (bicyclic) bond motifs is 3. The monoisotopic (exact) mass is 435 g/mol. The van der Waals surface area contributed by atoms with Gasteiger partial charge in [0, 0.05) is 50.7 Å². The van der Waals surface area contributed by atoms with Crippen LogP contribution in [0.3, 0.4) is 0 Å². The largest absolute Gasteiger partial charge is 0.326 e. The molecule has 8 nitrogen and oxygen atoms in total. The number of anilines is 3. The summed E-state index contributed by atoms with van der Waals surface area (Å²) in [5.41, 5.74) is 4.87. The number of rotatable bonds is 5. The molecule has 1 amide bonds. The number of aromatic nitrogens is 3. The first-order valence-electron chi connectivity index (χ1n) is 10.6.